The number of ether oxygens (including phenoxy) is 3. The summed E-state index contributed by atoms with van der Waals surface area (Å²) in [6, 6.07) is 8.08. The Bertz CT molecular complexity index is 609. The largest absolute Gasteiger partial charge is 0.481 e. The number of benzene rings is 1. The number of hydrogen-bond acceptors (Lipinski definition) is 6. The van der Waals surface area contributed by atoms with E-state index < -0.39 is 0 Å². The first-order valence-corrected chi connectivity index (χ1v) is 6.22. The molecule has 1 aromatic heterocycles. The lowest BCUT2D eigenvalue weighted by atomic mass is 10.1. The van der Waals surface area contributed by atoms with Gasteiger partial charge in [-0.2, -0.15) is 9.97 Å². The molecule has 0 atom stereocenters. The van der Waals surface area contributed by atoms with Crippen LogP contribution in [-0.4, -0.2) is 24.2 Å². The third-order valence-electron chi connectivity index (χ3n) is 3.07. The monoisotopic (exact) mass is 273 g/mol. The normalized spacial score (nSPS) is 12.9. The van der Waals surface area contributed by atoms with E-state index in [9.17, 15) is 0 Å². The molecule has 3 rings (SSSR count). The third kappa shape index (κ3) is 2.50. The maximum Gasteiger partial charge on any atom is 0.321 e. The number of methoxy groups -OCH3 is 2. The van der Waals surface area contributed by atoms with E-state index in [1.165, 1.54) is 18.2 Å². The van der Waals surface area contributed by atoms with E-state index in [0.717, 1.165) is 5.69 Å². The molecule has 0 unspecified atom stereocenters. The second kappa shape index (κ2) is 5.34. The Morgan fingerprint density at radius 2 is 1.90 bits per heavy atom. The van der Waals surface area contributed by atoms with Gasteiger partial charge in [0.2, 0.25) is 5.88 Å². The molecule has 0 fully saturated rings. The number of rotatable bonds is 4. The second-order valence-electron chi connectivity index (χ2n) is 4.38. The maximum atomic E-state index is 5.40. The smallest absolute Gasteiger partial charge is 0.321 e. The van der Waals surface area contributed by atoms with E-state index in [1.54, 1.807) is 13.2 Å². The Morgan fingerprint density at radius 1 is 1.05 bits per heavy atom. The Hall–Kier alpha value is -2.34. The molecule has 2 aromatic rings. The molecule has 20 heavy (non-hydrogen) atoms. The number of fused-ring (bicyclic) bond motifs is 1. The summed E-state index contributed by atoms with van der Waals surface area (Å²) in [6.45, 7) is 1.34. The number of nitrogens with one attached hydrogen (secondary N) is 1. The fraction of sp³-hybridized carbons (Fsp3) is 0.286. The molecule has 6 nitrogen and oxygen atoms in total. The summed E-state index contributed by atoms with van der Waals surface area (Å²) < 4.78 is 15.6. The Kier molecular flexibility index (Phi) is 3.39. The van der Waals surface area contributed by atoms with Crippen LogP contribution in [0, 0.1) is 0 Å². The van der Waals surface area contributed by atoms with Crippen molar-refractivity contribution in [2.45, 2.75) is 13.2 Å². The highest BCUT2D eigenvalue weighted by atomic mass is 16.5. The fourth-order valence-corrected chi connectivity index (χ4v) is 2.06. The van der Waals surface area contributed by atoms with Gasteiger partial charge in [-0.1, -0.05) is 6.07 Å². The molecule has 0 bridgehead atoms. The summed E-state index contributed by atoms with van der Waals surface area (Å²) in [5.74, 6) is 1.07. The van der Waals surface area contributed by atoms with E-state index in [1.807, 2.05) is 6.07 Å². The van der Waals surface area contributed by atoms with Crippen LogP contribution < -0.4 is 14.8 Å². The first-order chi connectivity index (χ1) is 9.78. The predicted molar refractivity (Wildman–Crippen MR) is 73.4 cm³/mol. The van der Waals surface area contributed by atoms with Crippen molar-refractivity contribution in [2.75, 3.05) is 19.5 Å². The van der Waals surface area contributed by atoms with Crippen LogP contribution in [0.4, 0.5) is 11.5 Å². The van der Waals surface area contributed by atoms with E-state index in [2.05, 4.69) is 27.4 Å². The topological polar surface area (TPSA) is 65.5 Å². The standard InChI is InChI=1S/C14H15N3O3/c1-18-13-6-12(16-14(17-13)19-2)15-11-4-3-9-7-20-8-10(9)5-11/h3-6H,7-8H2,1-2H3,(H,15,16,17). The van der Waals surface area contributed by atoms with Crippen LogP contribution in [0.25, 0.3) is 0 Å². The molecule has 1 N–H and O–H groups in total. The molecule has 0 spiro atoms. The van der Waals surface area contributed by atoms with Crippen LogP contribution in [0.3, 0.4) is 0 Å². The molecule has 1 aliphatic rings. The lowest BCUT2D eigenvalue weighted by Gasteiger charge is -2.09. The van der Waals surface area contributed by atoms with Gasteiger partial charge < -0.3 is 19.5 Å². The van der Waals surface area contributed by atoms with Gasteiger partial charge in [-0.3, -0.25) is 0 Å². The van der Waals surface area contributed by atoms with Gasteiger partial charge >= 0.3 is 6.01 Å². The van der Waals surface area contributed by atoms with Gasteiger partial charge in [0, 0.05) is 11.8 Å². The molecule has 0 amide bonds. The fourth-order valence-electron chi connectivity index (χ4n) is 2.06. The van der Waals surface area contributed by atoms with Gasteiger partial charge in [0.1, 0.15) is 5.82 Å². The van der Waals surface area contributed by atoms with Crippen LogP contribution in [0.1, 0.15) is 11.1 Å². The average molecular weight is 273 g/mol. The van der Waals surface area contributed by atoms with Gasteiger partial charge in [0.25, 0.3) is 0 Å². The first kappa shape index (κ1) is 12.7. The number of nitrogens with zero attached hydrogens (tertiary/aromatic N) is 2. The Labute approximate surface area is 116 Å². The van der Waals surface area contributed by atoms with Gasteiger partial charge in [-0.15, -0.1) is 0 Å². The molecule has 1 aromatic carbocycles. The van der Waals surface area contributed by atoms with E-state index in [0.29, 0.717) is 24.9 Å². The van der Waals surface area contributed by atoms with Crippen molar-refractivity contribution >= 4 is 11.5 Å². The maximum absolute atomic E-state index is 5.40. The molecular weight excluding hydrogens is 258 g/mol. The van der Waals surface area contributed by atoms with Crippen LogP contribution >= 0.6 is 0 Å². The first-order valence-electron chi connectivity index (χ1n) is 6.22. The summed E-state index contributed by atoms with van der Waals surface area (Å²) in [4.78, 5) is 8.29. The lowest BCUT2D eigenvalue weighted by Crippen LogP contribution is -2.00. The predicted octanol–water partition coefficient (Wildman–Crippen LogP) is 2.27. The summed E-state index contributed by atoms with van der Waals surface area (Å²) in [6.07, 6.45) is 0. The molecule has 104 valence electrons. The minimum atomic E-state index is 0.261. The van der Waals surface area contributed by atoms with Gasteiger partial charge in [-0.25, -0.2) is 0 Å². The van der Waals surface area contributed by atoms with Crippen LogP contribution in [-0.2, 0) is 18.0 Å². The SMILES string of the molecule is COc1cc(Nc2ccc3c(c2)COC3)nc(OC)n1. The van der Waals surface area contributed by atoms with Crippen molar-refractivity contribution in [1.29, 1.82) is 0 Å². The minimum Gasteiger partial charge on any atom is -0.481 e. The van der Waals surface area contributed by atoms with Crippen LogP contribution in [0.5, 0.6) is 11.9 Å². The van der Waals surface area contributed by atoms with Crippen LogP contribution in [0.2, 0.25) is 0 Å². The Balaban J connectivity index is 1.87. The van der Waals surface area contributed by atoms with Gasteiger partial charge in [0.15, 0.2) is 0 Å². The summed E-state index contributed by atoms with van der Waals surface area (Å²) in [5.41, 5.74) is 3.37. The summed E-state index contributed by atoms with van der Waals surface area (Å²) >= 11 is 0. The zero-order valence-corrected chi connectivity index (χ0v) is 11.3. The molecular formula is C14H15N3O3. The molecule has 1 aliphatic heterocycles. The lowest BCUT2D eigenvalue weighted by molar-refractivity contribution is 0.134. The summed E-state index contributed by atoms with van der Waals surface area (Å²) in [7, 11) is 3.07. The van der Waals surface area contributed by atoms with E-state index >= 15 is 0 Å². The van der Waals surface area contributed by atoms with Gasteiger partial charge in [-0.05, 0) is 23.3 Å². The molecule has 2 heterocycles. The highest BCUT2D eigenvalue weighted by Gasteiger charge is 2.12. The number of anilines is 2. The highest BCUT2D eigenvalue weighted by Crippen LogP contribution is 2.26. The van der Waals surface area contributed by atoms with Crippen LogP contribution in [0.15, 0.2) is 24.3 Å². The van der Waals surface area contributed by atoms with Crippen molar-refractivity contribution in [1.82, 2.24) is 9.97 Å². The third-order valence-corrected chi connectivity index (χ3v) is 3.07. The van der Waals surface area contributed by atoms with Crippen molar-refractivity contribution < 1.29 is 14.2 Å². The van der Waals surface area contributed by atoms with Crippen molar-refractivity contribution in [2.24, 2.45) is 0 Å². The molecule has 0 radical (unpaired) electrons. The highest BCUT2D eigenvalue weighted by molar-refractivity contribution is 5.59. The van der Waals surface area contributed by atoms with Gasteiger partial charge in [0.05, 0.1) is 27.4 Å². The molecule has 6 heteroatoms. The van der Waals surface area contributed by atoms with E-state index in [4.69, 9.17) is 14.2 Å². The van der Waals surface area contributed by atoms with Crippen molar-refractivity contribution in [3.8, 4) is 11.9 Å². The number of aromatic nitrogens is 2. The summed E-state index contributed by atoms with van der Waals surface area (Å²) in [5, 5.41) is 3.22. The Morgan fingerprint density at radius 3 is 2.70 bits per heavy atom. The average Bonchev–Trinajstić information content (AvgIpc) is 2.94. The quantitative estimate of drug-likeness (QED) is 0.921. The molecule has 0 saturated heterocycles. The zero-order valence-electron chi connectivity index (χ0n) is 11.3. The zero-order chi connectivity index (χ0) is 13.9. The van der Waals surface area contributed by atoms with E-state index in [-0.39, 0.29) is 6.01 Å². The van der Waals surface area contributed by atoms with Crippen molar-refractivity contribution in [3.63, 3.8) is 0 Å². The minimum absolute atomic E-state index is 0.261. The molecule has 0 aliphatic carbocycles. The second-order valence-corrected chi connectivity index (χ2v) is 4.38. The molecule has 0 saturated carbocycles. The van der Waals surface area contributed by atoms with Crippen molar-refractivity contribution in [3.05, 3.63) is 35.4 Å². The number of hydrogen-bond donors (Lipinski definition) is 1.